The van der Waals surface area contributed by atoms with Crippen molar-refractivity contribution in [2.24, 2.45) is 5.92 Å². The molecule has 0 heterocycles. The van der Waals surface area contributed by atoms with Gasteiger partial charge in [0.15, 0.2) is 5.78 Å². The van der Waals surface area contributed by atoms with E-state index in [1.54, 1.807) is 6.07 Å². The Hall–Kier alpha value is -1.91. The predicted molar refractivity (Wildman–Crippen MR) is 70.6 cm³/mol. The summed E-state index contributed by atoms with van der Waals surface area (Å²) in [4.78, 5) is 22.9. The van der Waals surface area contributed by atoms with Crippen LogP contribution in [-0.2, 0) is 4.79 Å². The Morgan fingerprint density at radius 3 is 2.74 bits per heavy atom. The van der Waals surface area contributed by atoms with Crippen molar-refractivity contribution in [3.63, 3.8) is 0 Å². The number of Topliss-reactive ketones (excluding diaryl/α,β-unsaturated/α-hetero) is 1. The van der Waals surface area contributed by atoms with Crippen LogP contribution in [0.25, 0.3) is 0 Å². The molecule has 0 saturated heterocycles. The molecule has 1 aliphatic rings. The fraction of sp³-hybridized carbons (Fsp3) is 0.429. The van der Waals surface area contributed by atoms with E-state index in [-0.39, 0.29) is 23.8 Å². The highest BCUT2D eigenvalue weighted by Crippen LogP contribution is 2.27. The molecule has 2 N–H and O–H groups in total. The number of ketones is 1. The Labute approximate surface area is 111 Å². The summed E-state index contributed by atoms with van der Waals surface area (Å²) >= 11 is 0. The lowest BCUT2D eigenvalue weighted by molar-refractivity contribution is -0.119. The van der Waals surface area contributed by atoms with Crippen molar-refractivity contribution >= 4 is 17.4 Å². The summed E-state index contributed by atoms with van der Waals surface area (Å²) in [5.41, 5.74) is 0.353. The predicted octanol–water partition coefficient (Wildman–Crippen LogP) is 1.97. The monoisotopic (exact) mass is 264 g/mol. The smallest absolute Gasteiger partial charge is 0.239 e. The summed E-state index contributed by atoms with van der Waals surface area (Å²) in [6, 6.07) is 4.33. The first-order valence-corrected chi connectivity index (χ1v) is 6.38. The highest BCUT2D eigenvalue weighted by Gasteiger charge is 2.21. The topological polar surface area (TPSA) is 58.2 Å². The number of hydrogen-bond donors (Lipinski definition) is 2. The number of benzene rings is 1. The number of hydrogen-bond acceptors (Lipinski definition) is 3. The Kier molecular flexibility index (Phi) is 4.14. The molecule has 1 fully saturated rings. The van der Waals surface area contributed by atoms with Gasteiger partial charge in [0.05, 0.1) is 12.1 Å². The maximum atomic E-state index is 13.5. The molecule has 0 aliphatic heterocycles. The first-order chi connectivity index (χ1) is 9.08. The zero-order valence-corrected chi connectivity index (χ0v) is 10.8. The zero-order chi connectivity index (χ0) is 13.8. The van der Waals surface area contributed by atoms with E-state index in [2.05, 4.69) is 10.6 Å². The number of amides is 1. The minimum absolute atomic E-state index is 0.00232. The van der Waals surface area contributed by atoms with E-state index in [0.717, 1.165) is 0 Å². The van der Waals surface area contributed by atoms with Gasteiger partial charge in [-0.2, -0.15) is 0 Å². The molecule has 0 bridgehead atoms. The minimum atomic E-state index is -0.573. The van der Waals surface area contributed by atoms with Crippen LogP contribution >= 0.6 is 0 Å². The summed E-state index contributed by atoms with van der Waals surface area (Å²) < 4.78 is 13.5. The van der Waals surface area contributed by atoms with Crippen LogP contribution in [0.4, 0.5) is 10.1 Å². The molecule has 1 amide bonds. The minimum Gasteiger partial charge on any atom is -0.375 e. The second-order valence-electron chi connectivity index (χ2n) is 4.82. The number of nitrogens with one attached hydrogen (secondary N) is 2. The third-order valence-corrected chi connectivity index (χ3v) is 3.09. The van der Waals surface area contributed by atoms with Crippen LogP contribution in [0.15, 0.2) is 18.2 Å². The second kappa shape index (κ2) is 5.82. The van der Waals surface area contributed by atoms with Gasteiger partial charge in [-0.1, -0.05) is 6.07 Å². The number of rotatable bonds is 6. The van der Waals surface area contributed by atoms with Gasteiger partial charge >= 0.3 is 0 Å². The summed E-state index contributed by atoms with van der Waals surface area (Å²) in [5.74, 6) is -0.466. The van der Waals surface area contributed by atoms with Gasteiger partial charge in [-0.25, -0.2) is 4.39 Å². The van der Waals surface area contributed by atoms with Gasteiger partial charge in [0.25, 0.3) is 0 Å². The molecule has 0 atom stereocenters. The summed E-state index contributed by atoms with van der Waals surface area (Å²) in [6.07, 6.45) is 2.35. The molecule has 5 heteroatoms. The van der Waals surface area contributed by atoms with Gasteiger partial charge < -0.3 is 10.6 Å². The molecular weight excluding hydrogens is 247 g/mol. The highest BCUT2D eigenvalue weighted by molar-refractivity contribution is 6.00. The molecule has 1 aromatic rings. The SMILES string of the molecule is CC(=O)c1c(F)cccc1NCC(=O)NCC1CC1. The van der Waals surface area contributed by atoms with Crippen LogP contribution in [0.3, 0.4) is 0 Å². The lowest BCUT2D eigenvalue weighted by atomic mass is 10.1. The molecule has 1 aliphatic carbocycles. The van der Waals surface area contributed by atoms with Crippen molar-refractivity contribution in [1.82, 2.24) is 5.32 Å². The molecule has 102 valence electrons. The summed E-state index contributed by atoms with van der Waals surface area (Å²) in [5, 5.41) is 5.60. The second-order valence-corrected chi connectivity index (χ2v) is 4.82. The van der Waals surface area contributed by atoms with E-state index < -0.39 is 5.82 Å². The first kappa shape index (κ1) is 13.5. The Morgan fingerprint density at radius 1 is 1.37 bits per heavy atom. The molecule has 4 nitrogen and oxygen atoms in total. The molecule has 0 radical (unpaired) electrons. The quantitative estimate of drug-likeness (QED) is 0.772. The average Bonchev–Trinajstić information content (AvgIpc) is 3.17. The van der Waals surface area contributed by atoms with Crippen LogP contribution in [-0.4, -0.2) is 24.8 Å². The van der Waals surface area contributed by atoms with Crippen molar-refractivity contribution in [3.8, 4) is 0 Å². The van der Waals surface area contributed by atoms with Crippen LogP contribution in [0.2, 0.25) is 0 Å². The Bertz CT molecular complexity index is 498. The van der Waals surface area contributed by atoms with Gasteiger partial charge in [-0.15, -0.1) is 0 Å². The van der Waals surface area contributed by atoms with E-state index in [1.165, 1.54) is 31.9 Å². The molecular formula is C14H17FN2O2. The maximum Gasteiger partial charge on any atom is 0.239 e. The normalized spacial score (nSPS) is 14.0. The lowest BCUT2D eigenvalue weighted by Gasteiger charge is -2.11. The number of carbonyl (C=O) groups excluding carboxylic acids is 2. The van der Waals surface area contributed by atoms with Crippen molar-refractivity contribution in [2.45, 2.75) is 19.8 Å². The van der Waals surface area contributed by atoms with E-state index in [4.69, 9.17) is 0 Å². The first-order valence-electron chi connectivity index (χ1n) is 6.38. The molecule has 0 aromatic heterocycles. The third-order valence-electron chi connectivity index (χ3n) is 3.09. The Morgan fingerprint density at radius 2 is 2.11 bits per heavy atom. The van der Waals surface area contributed by atoms with Crippen LogP contribution in [0, 0.1) is 11.7 Å². The van der Waals surface area contributed by atoms with E-state index in [9.17, 15) is 14.0 Å². The third kappa shape index (κ3) is 3.77. The summed E-state index contributed by atoms with van der Waals surface area (Å²) in [7, 11) is 0. The van der Waals surface area contributed by atoms with E-state index in [0.29, 0.717) is 18.2 Å². The molecule has 0 unspecified atom stereocenters. The van der Waals surface area contributed by atoms with Crippen molar-refractivity contribution < 1.29 is 14.0 Å². The molecule has 0 spiro atoms. The van der Waals surface area contributed by atoms with Gasteiger partial charge in [0.2, 0.25) is 5.91 Å². The van der Waals surface area contributed by atoms with Gasteiger partial charge in [-0.05, 0) is 37.8 Å². The lowest BCUT2D eigenvalue weighted by Crippen LogP contribution is -2.31. The highest BCUT2D eigenvalue weighted by atomic mass is 19.1. The maximum absolute atomic E-state index is 13.5. The summed E-state index contributed by atoms with van der Waals surface area (Å²) in [6.45, 7) is 2.04. The van der Waals surface area contributed by atoms with Gasteiger partial charge in [0, 0.05) is 12.2 Å². The largest absolute Gasteiger partial charge is 0.375 e. The number of anilines is 1. The van der Waals surface area contributed by atoms with E-state index in [1.807, 2.05) is 0 Å². The van der Waals surface area contributed by atoms with Crippen molar-refractivity contribution in [3.05, 3.63) is 29.6 Å². The van der Waals surface area contributed by atoms with Crippen LogP contribution in [0.1, 0.15) is 30.1 Å². The van der Waals surface area contributed by atoms with Crippen molar-refractivity contribution in [2.75, 3.05) is 18.4 Å². The fourth-order valence-electron chi connectivity index (χ4n) is 1.85. The Balaban J connectivity index is 1.92. The molecule has 19 heavy (non-hydrogen) atoms. The van der Waals surface area contributed by atoms with Crippen LogP contribution < -0.4 is 10.6 Å². The molecule has 1 aromatic carbocycles. The molecule has 2 rings (SSSR count). The van der Waals surface area contributed by atoms with Crippen LogP contribution in [0.5, 0.6) is 0 Å². The van der Waals surface area contributed by atoms with Gasteiger partial charge in [-0.3, -0.25) is 9.59 Å². The van der Waals surface area contributed by atoms with E-state index >= 15 is 0 Å². The number of halogens is 1. The molecule has 1 saturated carbocycles. The van der Waals surface area contributed by atoms with Gasteiger partial charge in [0.1, 0.15) is 5.82 Å². The zero-order valence-electron chi connectivity index (χ0n) is 10.8. The van der Waals surface area contributed by atoms with Crippen molar-refractivity contribution in [1.29, 1.82) is 0 Å². The standard InChI is InChI=1S/C14H17FN2O2/c1-9(18)14-11(15)3-2-4-12(14)16-8-13(19)17-7-10-5-6-10/h2-4,10,16H,5-8H2,1H3,(H,17,19). The number of carbonyl (C=O) groups is 2. The fourth-order valence-corrected chi connectivity index (χ4v) is 1.85. The average molecular weight is 264 g/mol.